The van der Waals surface area contributed by atoms with Crippen LogP contribution in [0.25, 0.3) is 0 Å². The summed E-state index contributed by atoms with van der Waals surface area (Å²) in [6, 6.07) is 3.00. The summed E-state index contributed by atoms with van der Waals surface area (Å²) in [4.78, 5) is 10.3. The Bertz CT molecular complexity index is 807. The molecule has 0 spiro atoms. The number of rotatable bonds is 4. The lowest BCUT2D eigenvalue weighted by atomic mass is 10.2. The molecule has 0 bridgehead atoms. The second-order valence-corrected chi connectivity index (χ2v) is 6.61. The molecule has 0 atom stereocenters. The van der Waals surface area contributed by atoms with Crippen LogP contribution in [0.5, 0.6) is 0 Å². The Morgan fingerprint density at radius 3 is 2.44 bits per heavy atom. The number of hydrogen-bond donors (Lipinski definition) is 3. The zero-order valence-electron chi connectivity index (χ0n) is 14.5. The highest BCUT2D eigenvalue weighted by molar-refractivity contribution is 6.33. The Balaban J connectivity index is 1.80. The fraction of sp³-hybridized carbons (Fsp3) is 0.375. The molecule has 0 unspecified atom stereocenters. The molecule has 3 rings (SSSR count). The second kappa shape index (κ2) is 7.75. The van der Waals surface area contributed by atoms with E-state index in [1.165, 1.54) is 12.4 Å². The summed E-state index contributed by atoms with van der Waals surface area (Å²) in [7, 11) is 2.04. The first kappa shape index (κ1) is 19.5. The van der Waals surface area contributed by atoms with Crippen LogP contribution in [-0.4, -0.2) is 53.1 Å². The lowest BCUT2D eigenvalue weighted by Crippen LogP contribution is -2.47. The van der Waals surface area contributed by atoms with Crippen molar-refractivity contribution in [1.82, 2.24) is 19.9 Å². The summed E-state index contributed by atoms with van der Waals surface area (Å²) in [5, 5.41) is 4.85. The van der Waals surface area contributed by atoms with Gasteiger partial charge in [0.1, 0.15) is 12.0 Å². The number of nitrogen functional groups attached to an aromatic ring is 1. The first-order valence-electron chi connectivity index (χ1n) is 8.18. The minimum atomic E-state index is -4.48. The van der Waals surface area contributed by atoms with Crippen molar-refractivity contribution < 1.29 is 13.2 Å². The largest absolute Gasteiger partial charge is 0.416 e. The van der Waals surface area contributed by atoms with Crippen molar-refractivity contribution in [1.29, 1.82) is 0 Å². The van der Waals surface area contributed by atoms with Crippen LogP contribution in [0.3, 0.4) is 0 Å². The summed E-state index contributed by atoms with van der Waals surface area (Å²) >= 11 is 6.02. The fourth-order valence-corrected chi connectivity index (χ4v) is 2.74. The third kappa shape index (κ3) is 4.71. The van der Waals surface area contributed by atoms with Gasteiger partial charge < -0.3 is 21.4 Å². The summed E-state index contributed by atoms with van der Waals surface area (Å²) < 4.78 is 38.8. The van der Waals surface area contributed by atoms with Gasteiger partial charge in [-0.25, -0.2) is 15.0 Å². The lowest BCUT2D eigenvalue weighted by Gasteiger charge is -2.33. The smallest absolute Gasteiger partial charge is 0.393 e. The second-order valence-electron chi connectivity index (χ2n) is 6.20. The molecule has 146 valence electrons. The zero-order valence-corrected chi connectivity index (χ0v) is 15.3. The molecule has 0 aliphatic carbocycles. The zero-order chi connectivity index (χ0) is 19.6. The monoisotopic (exact) mass is 401 g/mol. The number of aromatic nitrogens is 2. The lowest BCUT2D eigenvalue weighted by molar-refractivity contribution is -0.137. The van der Waals surface area contributed by atoms with E-state index in [9.17, 15) is 13.2 Å². The van der Waals surface area contributed by atoms with Gasteiger partial charge in [-0.15, -0.1) is 0 Å². The Kier molecular flexibility index (Phi) is 5.59. The predicted molar refractivity (Wildman–Crippen MR) is 98.9 cm³/mol. The molecular formula is C16H19ClF3N7. The van der Waals surface area contributed by atoms with Crippen molar-refractivity contribution in [3.8, 4) is 0 Å². The molecule has 1 fully saturated rings. The van der Waals surface area contributed by atoms with Gasteiger partial charge in [0.15, 0.2) is 11.6 Å². The minimum absolute atomic E-state index is 0.0578. The maximum Gasteiger partial charge on any atom is 0.416 e. The molecule has 1 aromatic carbocycles. The first-order chi connectivity index (χ1) is 12.7. The average molecular weight is 402 g/mol. The van der Waals surface area contributed by atoms with Crippen LogP contribution in [0.15, 0.2) is 24.5 Å². The normalized spacial score (nSPS) is 16.3. The molecule has 27 heavy (non-hydrogen) atoms. The van der Waals surface area contributed by atoms with Gasteiger partial charge in [-0.3, -0.25) is 0 Å². The molecule has 1 saturated heterocycles. The molecule has 1 aliphatic rings. The van der Waals surface area contributed by atoms with E-state index in [4.69, 9.17) is 17.3 Å². The number of piperazine rings is 1. The van der Waals surface area contributed by atoms with Crippen LogP contribution in [0, 0.1) is 0 Å². The summed E-state index contributed by atoms with van der Waals surface area (Å²) in [5.74, 6) is 0.544. The molecule has 0 saturated carbocycles. The molecule has 0 radical (unpaired) electrons. The van der Waals surface area contributed by atoms with Crippen LogP contribution in [0.4, 0.5) is 36.2 Å². The predicted octanol–water partition coefficient (Wildman–Crippen LogP) is 3.05. The van der Waals surface area contributed by atoms with Crippen molar-refractivity contribution in [3.63, 3.8) is 0 Å². The molecule has 2 aromatic rings. The number of anilines is 4. The van der Waals surface area contributed by atoms with Gasteiger partial charge in [-0.1, -0.05) is 11.6 Å². The first-order valence-corrected chi connectivity index (χ1v) is 8.56. The Morgan fingerprint density at radius 2 is 1.78 bits per heavy atom. The fourth-order valence-electron chi connectivity index (χ4n) is 2.58. The Labute approximate surface area is 159 Å². The highest BCUT2D eigenvalue weighted by atomic mass is 35.5. The van der Waals surface area contributed by atoms with E-state index < -0.39 is 11.7 Å². The molecule has 2 heterocycles. The van der Waals surface area contributed by atoms with Gasteiger partial charge >= 0.3 is 6.18 Å². The van der Waals surface area contributed by atoms with Crippen LogP contribution >= 0.6 is 11.6 Å². The Morgan fingerprint density at radius 1 is 1.11 bits per heavy atom. The highest BCUT2D eigenvalue weighted by Crippen LogP contribution is 2.36. The molecule has 11 heteroatoms. The van der Waals surface area contributed by atoms with Crippen LogP contribution in [0.2, 0.25) is 5.02 Å². The molecular weight excluding hydrogens is 383 g/mol. The van der Waals surface area contributed by atoms with Gasteiger partial charge in [0.2, 0.25) is 0 Å². The highest BCUT2D eigenvalue weighted by Gasteiger charge is 2.31. The number of likely N-dealkylation sites (N-methyl/N-ethyl adjacent to an activating group) is 1. The standard InChI is InChI=1S/C16H19ClF3N7/c1-26-4-6-27(7-5-26)25-15-13(21)14(22-9-23-15)24-12-8-10(16(18,19)20)2-3-11(12)17/h2-3,8-9H,4-7,21H2,1H3,(H2,22,23,24,25). The number of nitrogens with two attached hydrogens (primary N) is 1. The maximum atomic E-state index is 12.9. The topological polar surface area (TPSA) is 82.3 Å². The number of halogens is 4. The van der Waals surface area contributed by atoms with E-state index >= 15 is 0 Å². The number of alkyl halides is 3. The molecule has 7 nitrogen and oxygen atoms in total. The van der Waals surface area contributed by atoms with Crippen LogP contribution in [-0.2, 0) is 6.18 Å². The number of benzene rings is 1. The minimum Gasteiger partial charge on any atom is -0.393 e. The summed E-state index contributed by atoms with van der Waals surface area (Å²) in [6.07, 6.45) is -3.20. The van der Waals surface area contributed by atoms with Gasteiger partial charge in [0.25, 0.3) is 0 Å². The third-order valence-electron chi connectivity index (χ3n) is 4.20. The number of nitrogens with one attached hydrogen (secondary N) is 2. The molecule has 1 aromatic heterocycles. The van der Waals surface area contributed by atoms with E-state index in [2.05, 4.69) is 25.6 Å². The number of hydrogen-bond acceptors (Lipinski definition) is 7. The molecule has 0 amide bonds. The van der Waals surface area contributed by atoms with Crippen LogP contribution < -0.4 is 16.5 Å². The van der Waals surface area contributed by atoms with E-state index in [1.807, 2.05) is 12.1 Å². The summed E-state index contributed by atoms with van der Waals surface area (Å²) in [5.41, 5.74) is 8.64. The van der Waals surface area contributed by atoms with Crippen LogP contribution in [0.1, 0.15) is 5.56 Å². The van der Waals surface area contributed by atoms with E-state index in [1.54, 1.807) is 0 Å². The third-order valence-corrected chi connectivity index (χ3v) is 4.53. The molecule has 4 N–H and O–H groups in total. The molecule has 1 aliphatic heterocycles. The van der Waals surface area contributed by atoms with Gasteiger partial charge in [-0.2, -0.15) is 13.2 Å². The van der Waals surface area contributed by atoms with E-state index in [0.717, 1.165) is 38.3 Å². The van der Waals surface area contributed by atoms with Crippen molar-refractivity contribution in [2.24, 2.45) is 0 Å². The average Bonchev–Trinajstić information content (AvgIpc) is 2.61. The summed E-state index contributed by atoms with van der Waals surface area (Å²) in [6.45, 7) is 3.34. The van der Waals surface area contributed by atoms with Gasteiger partial charge in [-0.05, 0) is 25.2 Å². The number of hydrazine groups is 1. The van der Waals surface area contributed by atoms with E-state index in [-0.39, 0.29) is 22.2 Å². The number of nitrogens with zero attached hydrogens (tertiary/aromatic N) is 4. The van der Waals surface area contributed by atoms with Gasteiger partial charge in [0, 0.05) is 26.2 Å². The quantitative estimate of drug-likeness (QED) is 0.726. The maximum absolute atomic E-state index is 12.9. The van der Waals surface area contributed by atoms with Crippen molar-refractivity contribution in [2.45, 2.75) is 6.18 Å². The van der Waals surface area contributed by atoms with Gasteiger partial charge in [0.05, 0.1) is 16.3 Å². The Hall–Kier alpha value is -2.30. The van der Waals surface area contributed by atoms with Crippen molar-refractivity contribution in [3.05, 3.63) is 35.1 Å². The van der Waals surface area contributed by atoms with E-state index in [0.29, 0.717) is 5.82 Å². The SMILES string of the molecule is CN1CCN(Nc2ncnc(Nc3cc(C(F)(F)F)ccc3Cl)c2N)CC1. The van der Waals surface area contributed by atoms with Crippen molar-refractivity contribution in [2.75, 3.05) is 49.7 Å². The van der Waals surface area contributed by atoms with Crippen molar-refractivity contribution >= 4 is 34.6 Å².